The van der Waals surface area contributed by atoms with Gasteiger partial charge in [0.25, 0.3) is 0 Å². The van der Waals surface area contributed by atoms with Crippen molar-refractivity contribution in [3.05, 3.63) is 54.6 Å². The predicted molar refractivity (Wildman–Crippen MR) is 135 cm³/mol. The van der Waals surface area contributed by atoms with Crippen LogP contribution in [0.2, 0.25) is 0 Å². The van der Waals surface area contributed by atoms with Gasteiger partial charge in [-0.15, -0.1) is 5.10 Å². The molecule has 34 heavy (non-hydrogen) atoms. The van der Waals surface area contributed by atoms with Crippen LogP contribution in [-0.2, 0) is 13.0 Å². The van der Waals surface area contributed by atoms with E-state index in [4.69, 9.17) is 4.98 Å². The first kappa shape index (κ1) is 22.4. The molecule has 5 rings (SSSR count). The summed E-state index contributed by atoms with van der Waals surface area (Å²) in [5.74, 6) is 1.99. The van der Waals surface area contributed by atoms with Gasteiger partial charge in [0, 0.05) is 30.1 Å². The van der Waals surface area contributed by atoms with Crippen LogP contribution >= 0.6 is 0 Å². The molecule has 0 bridgehead atoms. The molecule has 4 aromatic heterocycles. The molecule has 0 spiro atoms. The molecule has 1 saturated heterocycles. The molecule has 1 aliphatic rings. The van der Waals surface area contributed by atoms with Gasteiger partial charge < -0.3 is 10.2 Å². The Balaban J connectivity index is 1.28. The molecule has 4 aromatic rings. The van der Waals surface area contributed by atoms with Crippen molar-refractivity contribution in [2.45, 2.75) is 46.1 Å². The summed E-state index contributed by atoms with van der Waals surface area (Å²) < 4.78 is 2.03. The highest BCUT2D eigenvalue weighted by Crippen LogP contribution is 2.23. The quantitative estimate of drug-likeness (QED) is 0.390. The molecule has 0 aromatic carbocycles. The number of nitrogens with one attached hydrogen (secondary N) is 1. The Morgan fingerprint density at radius 2 is 1.82 bits per heavy atom. The van der Waals surface area contributed by atoms with Crippen LogP contribution in [0.1, 0.15) is 38.7 Å². The number of aryl methyl sites for hydroxylation is 1. The number of hydrogen-bond donors (Lipinski definition) is 1. The predicted octanol–water partition coefficient (Wildman–Crippen LogP) is 4.71. The Bertz CT molecular complexity index is 1240. The van der Waals surface area contributed by atoms with Crippen molar-refractivity contribution in [3.63, 3.8) is 0 Å². The van der Waals surface area contributed by atoms with Crippen molar-refractivity contribution < 1.29 is 0 Å². The van der Waals surface area contributed by atoms with Crippen LogP contribution in [0.15, 0.2) is 49.1 Å². The number of rotatable bonds is 9. The van der Waals surface area contributed by atoms with E-state index in [1.54, 1.807) is 0 Å². The monoisotopic (exact) mass is 456 g/mol. The van der Waals surface area contributed by atoms with E-state index in [1.165, 1.54) is 25.9 Å². The minimum Gasteiger partial charge on any atom is -0.323 e. The summed E-state index contributed by atoms with van der Waals surface area (Å²) in [7, 11) is 0. The smallest absolute Gasteiger partial charge is 0.154 e. The highest BCUT2D eigenvalue weighted by molar-refractivity contribution is 5.81. The van der Waals surface area contributed by atoms with E-state index in [2.05, 4.69) is 56.6 Å². The van der Waals surface area contributed by atoms with Crippen LogP contribution in [0.25, 0.3) is 22.2 Å². The van der Waals surface area contributed by atoms with E-state index in [0.717, 1.165) is 59.5 Å². The zero-order chi connectivity index (χ0) is 23.3. The maximum absolute atomic E-state index is 4.77. The fourth-order valence-electron chi connectivity index (χ4n) is 4.51. The number of aromatic nitrogens is 6. The van der Waals surface area contributed by atoms with Gasteiger partial charge in [0.1, 0.15) is 5.82 Å². The first-order valence-electron chi connectivity index (χ1n) is 12.2. The number of fused-ring (bicyclic) bond motifs is 1. The lowest BCUT2D eigenvalue weighted by atomic mass is 10.1. The lowest BCUT2D eigenvalue weighted by Gasteiger charge is -2.13. The fraction of sp³-hybridized carbons (Fsp3) is 0.423. The minimum absolute atomic E-state index is 0.565. The van der Waals surface area contributed by atoms with Crippen molar-refractivity contribution in [1.82, 2.24) is 34.8 Å². The first-order valence-corrected chi connectivity index (χ1v) is 12.2. The van der Waals surface area contributed by atoms with E-state index >= 15 is 0 Å². The van der Waals surface area contributed by atoms with Gasteiger partial charge >= 0.3 is 0 Å². The summed E-state index contributed by atoms with van der Waals surface area (Å²) in [6.45, 7) is 8.96. The summed E-state index contributed by atoms with van der Waals surface area (Å²) in [6, 6.07) is 8.00. The second kappa shape index (κ2) is 10.3. The molecule has 0 saturated carbocycles. The molecule has 1 fully saturated rings. The molecular formula is C26H32N8. The SMILES string of the molecule is CC(C)Cc1cnnc(Nc2ccc3ncc(-c4cnn(CCCN5CCCC5)c4)cc3n2)c1. The standard InChI is InChI=1S/C26H32N8/c1-19(2)12-20-13-26(32-28-15-20)31-25-7-6-23-24(30-25)14-21(16-27-23)22-17-29-34(18-22)11-5-10-33-8-3-4-9-33/h6-7,13-19H,3-5,8-12H2,1-2H3,(H,30,31,32). The molecule has 1 aliphatic heterocycles. The third kappa shape index (κ3) is 5.56. The Labute approximate surface area is 200 Å². The molecule has 0 amide bonds. The Kier molecular flexibility index (Phi) is 6.76. The molecule has 8 heteroatoms. The average molecular weight is 457 g/mol. The van der Waals surface area contributed by atoms with Gasteiger partial charge in [0.05, 0.1) is 23.4 Å². The van der Waals surface area contributed by atoms with Crippen LogP contribution in [0.4, 0.5) is 11.6 Å². The van der Waals surface area contributed by atoms with Gasteiger partial charge in [-0.05, 0) is 81.1 Å². The minimum atomic E-state index is 0.565. The van der Waals surface area contributed by atoms with Gasteiger partial charge in [-0.1, -0.05) is 13.8 Å². The third-order valence-electron chi connectivity index (χ3n) is 6.18. The second-order valence-electron chi connectivity index (χ2n) is 9.53. The zero-order valence-electron chi connectivity index (χ0n) is 20.0. The van der Waals surface area contributed by atoms with Crippen molar-refractivity contribution in [2.75, 3.05) is 25.0 Å². The third-order valence-corrected chi connectivity index (χ3v) is 6.18. The molecule has 176 valence electrons. The molecule has 5 heterocycles. The van der Waals surface area contributed by atoms with Crippen LogP contribution in [-0.4, -0.2) is 54.5 Å². The second-order valence-corrected chi connectivity index (χ2v) is 9.53. The van der Waals surface area contributed by atoms with Gasteiger partial charge in [-0.2, -0.15) is 10.2 Å². The molecule has 0 radical (unpaired) electrons. The average Bonchev–Trinajstić information content (AvgIpc) is 3.51. The van der Waals surface area contributed by atoms with E-state index < -0.39 is 0 Å². The highest BCUT2D eigenvalue weighted by Gasteiger charge is 2.11. The number of likely N-dealkylation sites (tertiary alicyclic amines) is 1. The maximum Gasteiger partial charge on any atom is 0.154 e. The molecule has 0 atom stereocenters. The normalized spacial score (nSPS) is 14.3. The van der Waals surface area contributed by atoms with E-state index in [0.29, 0.717) is 11.7 Å². The maximum atomic E-state index is 4.77. The fourth-order valence-corrected chi connectivity index (χ4v) is 4.51. The van der Waals surface area contributed by atoms with Gasteiger partial charge in [-0.3, -0.25) is 9.67 Å². The van der Waals surface area contributed by atoms with E-state index in [-0.39, 0.29) is 0 Å². The zero-order valence-corrected chi connectivity index (χ0v) is 20.0. The first-order chi connectivity index (χ1) is 16.6. The van der Waals surface area contributed by atoms with Crippen LogP contribution in [0, 0.1) is 5.92 Å². The largest absolute Gasteiger partial charge is 0.323 e. The summed E-state index contributed by atoms with van der Waals surface area (Å²) in [4.78, 5) is 11.9. The van der Waals surface area contributed by atoms with Crippen molar-refractivity contribution >= 4 is 22.7 Å². The molecule has 8 nitrogen and oxygen atoms in total. The summed E-state index contributed by atoms with van der Waals surface area (Å²) in [5.41, 5.74) is 4.92. The molecule has 0 unspecified atom stereocenters. The van der Waals surface area contributed by atoms with Crippen molar-refractivity contribution in [2.24, 2.45) is 5.92 Å². The van der Waals surface area contributed by atoms with Crippen molar-refractivity contribution in [1.29, 1.82) is 0 Å². The van der Waals surface area contributed by atoms with E-state index in [9.17, 15) is 0 Å². The Morgan fingerprint density at radius 1 is 0.941 bits per heavy atom. The van der Waals surface area contributed by atoms with Gasteiger partial charge in [0.2, 0.25) is 0 Å². The molecule has 0 aliphatic carbocycles. The van der Waals surface area contributed by atoms with Crippen molar-refractivity contribution in [3.8, 4) is 11.1 Å². The Morgan fingerprint density at radius 3 is 2.68 bits per heavy atom. The number of anilines is 2. The lowest BCUT2D eigenvalue weighted by Crippen LogP contribution is -2.21. The molecular weight excluding hydrogens is 424 g/mol. The van der Waals surface area contributed by atoms with Gasteiger partial charge in [0.15, 0.2) is 5.82 Å². The van der Waals surface area contributed by atoms with Crippen LogP contribution < -0.4 is 5.32 Å². The summed E-state index contributed by atoms with van der Waals surface area (Å²) >= 11 is 0. The van der Waals surface area contributed by atoms with E-state index in [1.807, 2.05) is 41.5 Å². The topological polar surface area (TPSA) is 84.7 Å². The van der Waals surface area contributed by atoms with Crippen LogP contribution in [0.5, 0.6) is 0 Å². The van der Waals surface area contributed by atoms with Crippen LogP contribution in [0.3, 0.4) is 0 Å². The van der Waals surface area contributed by atoms with Gasteiger partial charge in [-0.25, -0.2) is 4.98 Å². The highest BCUT2D eigenvalue weighted by atomic mass is 15.3. The molecule has 1 N–H and O–H groups in total. The number of hydrogen-bond acceptors (Lipinski definition) is 7. The number of nitrogens with zero attached hydrogens (tertiary/aromatic N) is 7. The lowest BCUT2D eigenvalue weighted by molar-refractivity contribution is 0.322. The Hall–Kier alpha value is -3.39. The summed E-state index contributed by atoms with van der Waals surface area (Å²) in [6.07, 6.45) is 12.5. The summed E-state index contributed by atoms with van der Waals surface area (Å²) in [5, 5.41) is 16.2. The number of pyridine rings is 2.